The summed E-state index contributed by atoms with van der Waals surface area (Å²) >= 11 is 5.75. The van der Waals surface area contributed by atoms with Gasteiger partial charge in [-0.15, -0.1) is 0 Å². The normalized spacial score (nSPS) is 18.4. The lowest BCUT2D eigenvalue weighted by molar-refractivity contribution is 0.475. The summed E-state index contributed by atoms with van der Waals surface area (Å²) in [4.78, 5) is 10.9. The number of anilines is 1. The van der Waals surface area contributed by atoms with E-state index in [1.54, 1.807) is 24.5 Å². The molecule has 2 N–H and O–H groups in total. The van der Waals surface area contributed by atoms with Crippen molar-refractivity contribution in [3.63, 3.8) is 0 Å². The summed E-state index contributed by atoms with van der Waals surface area (Å²) in [6.45, 7) is 0. The fraction of sp³-hybridized carbons (Fsp3) is 0.0870. The zero-order chi connectivity index (χ0) is 20.5. The topological polar surface area (TPSA) is 66.2 Å². The minimum atomic E-state index is -0.146. The molecule has 4 aromatic rings. The van der Waals surface area contributed by atoms with E-state index in [0.29, 0.717) is 5.11 Å². The fourth-order valence-electron chi connectivity index (χ4n) is 3.91. The van der Waals surface area contributed by atoms with Crippen molar-refractivity contribution < 1.29 is 5.11 Å². The second-order valence-electron chi connectivity index (χ2n) is 7.03. The standard InChI is InChI=1S/C23H19N5OS/c29-18-10-8-16(9-11-18)28-22(21(26-23(28)30)19-6-1-2-13-25-19)20-7-4-14-27(20)17-5-3-12-24-15-17/h1-15,21-22,29H,(H,26,30). The molecule has 1 fully saturated rings. The molecule has 5 rings (SSSR count). The molecule has 1 aliphatic rings. The Kier molecular flexibility index (Phi) is 4.65. The number of benzene rings is 1. The summed E-state index contributed by atoms with van der Waals surface area (Å²) in [5.41, 5.74) is 3.83. The van der Waals surface area contributed by atoms with Crippen molar-refractivity contribution in [3.05, 3.63) is 103 Å². The zero-order valence-electron chi connectivity index (χ0n) is 16.0. The van der Waals surface area contributed by atoms with E-state index in [4.69, 9.17) is 12.2 Å². The van der Waals surface area contributed by atoms with E-state index >= 15 is 0 Å². The van der Waals surface area contributed by atoms with E-state index in [1.807, 2.05) is 60.9 Å². The van der Waals surface area contributed by atoms with Gasteiger partial charge >= 0.3 is 0 Å². The highest BCUT2D eigenvalue weighted by Crippen LogP contribution is 2.42. The van der Waals surface area contributed by atoms with Crippen molar-refractivity contribution >= 4 is 23.0 Å². The summed E-state index contributed by atoms with van der Waals surface area (Å²) < 4.78 is 2.12. The van der Waals surface area contributed by atoms with Crippen LogP contribution in [-0.2, 0) is 0 Å². The van der Waals surface area contributed by atoms with Gasteiger partial charge in [-0.3, -0.25) is 9.97 Å². The molecule has 6 nitrogen and oxygen atoms in total. The number of aromatic nitrogens is 3. The van der Waals surface area contributed by atoms with Crippen LogP contribution < -0.4 is 10.2 Å². The van der Waals surface area contributed by atoms with E-state index in [2.05, 4.69) is 30.8 Å². The third kappa shape index (κ3) is 3.19. The van der Waals surface area contributed by atoms with E-state index in [-0.39, 0.29) is 17.8 Å². The van der Waals surface area contributed by atoms with Gasteiger partial charge in [0, 0.05) is 30.0 Å². The van der Waals surface area contributed by atoms with Crippen LogP contribution in [0, 0.1) is 0 Å². The van der Waals surface area contributed by atoms with Crippen LogP contribution >= 0.6 is 12.2 Å². The van der Waals surface area contributed by atoms with E-state index in [9.17, 15) is 5.11 Å². The van der Waals surface area contributed by atoms with Gasteiger partial charge in [-0.05, 0) is 72.9 Å². The van der Waals surface area contributed by atoms with Crippen molar-refractivity contribution in [2.75, 3.05) is 4.90 Å². The number of aromatic hydroxyl groups is 1. The molecule has 1 aliphatic heterocycles. The summed E-state index contributed by atoms with van der Waals surface area (Å²) in [5, 5.41) is 13.8. The predicted molar refractivity (Wildman–Crippen MR) is 120 cm³/mol. The average molecular weight is 414 g/mol. The number of phenols is 1. The molecular formula is C23H19N5OS. The van der Waals surface area contributed by atoms with E-state index < -0.39 is 0 Å². The Morgan fingerprint density at radius 3 is 2.50 bits per heavy atom. The molecule has 4 heterocycles. The van der Waals surface area contributed by atoms with Gasteiger partial charge in [0.1, 0.15) is 11.8 Å². The third-order valence-corrected chi connectivity index (χ3v) is 5.55. The third-order valence-electron chi connectivity index (χ3n) is 5.23. The quantitative estimate of drug-likeness (QED) is 0.490. The van der Waals surface area contributed by atoms with E-state index in [0.717, 1.165) is 22.8 Å². The first-order valence-electron chi connectivity index (χ1n) is 9.60. The van der Waals surface area contributed by atoms with Crippen molar-refractivity contribution in [1.29, 1.82) is 0 Å². The van der Waals surface area contributed by atoms with Gasteiger partial charge in [-0.25, -0.2) is 0 Å². The highest BCUT2D eigenvalue weighted by Gasteiger charge is 2.42. The second kappa shape index (κ2) is 7.61. The van der Waals surface area contributed by atoms with Crippen molar-refractivity contribution in [1.82, 2.24) is 19.9 Å². The molecule has 1 aromatic carbocycles. The van der Waals surface area contributed by atoms with Crippen LogP contribution in [0.5, 0.6) is 5.75 Å². The largest absolute Gasteiger partial charge is 0.508 e. The molecule has 0 spiro atoms. The lowest BCUT2D eigenvalue weighted by atomic mass is 10.0. The first-order valence-corrected chi connectivity index (χ1v) is 10.0. The van der Waals surface area contributed by atoms with Gasteiger partial charge in [0.25, 0.3) is 0 Å². The Morgan fingerprint density at radius 2 is 1.77 bits per heavy atom. The summed E-state index contributed by atoms with van der Waals surface area (Å²) in [6, 6.07) is 20.7. The molecule has 0 bridgehead atoms. The smallest absolute Gasteiger partial charge is 0.174 e. The molecule has 0 amide bonds. The van der Waals surface area contributed by atoms with Crippen molar-refractivity contribution in [2.24, 2.45) is 0 Å². The molecule has 148 valence electrons. The molecule has 0 saturated carbocycles. The molecule has 30 heavy (non-hydrogen) atoms. The lowest BCUT2D eigenvalue weighted by Gasteiger charge is -2.29. The number of nitrogens with zero attached hydrogens (tertiary/aromatic N) is 4. The maximum atomic E-state index is 9.75. The second-order valence-corrected chi connectivity index (χ2v) is 7.41. The maximum absolute atomic E-state index is 9.75. The molecule has 0 radical (unpaired) electrons. The SMILES string of the molecule is Oc1ccc(N2C(=S)NC(c3ccccn3)C2c2cccn2-c2cccnc2)cc1. The molecule has 7 heteroatoms. The van der Waals surface area contributed by atoms with Crippen LogP contribution in [0.2, 0.25) is 0 Å². The fourth-order valence-corrected chi connectivity index (χ4v) is 4.26. The molecule has 2 unspecified atom stereocenters. The van der Waals surface area contributed by atoms with Gasteiger partial charge in [-0.2, -0.15) is 0 Å². The number of rotatable bonds is 4. The Bertz CT molecular complexity index is 1160. The molecule has 1 saturated heterocycles. The highest BCUT2D eigenvalue weighted by molar-refractivity contribution is 7.80. The molecule has 3 aromatic heterocycles. The van der Waals surface area contributed by atoms with Crippen LogP contribution in [-0.4, -0.2) is 24.8 Å². The Balaban J connectivity index is 1.67. The molecule has 2 atom stereocenters. The maximum Gasteiger partial charge on any atom is 0.174 e. The first-order chi connectivity index (χ1) is 14.7. The van der Waals surface area contributed by atoms with Gasteiger partial charge in [0.05, 0.1) is 23.6 Å². The monoisotopic (exact) mass is 413 g/mol. The average Bonchev–Trinajstić information content (AvgIpc) is 3.40. The van der Waals surface area contributed by atoms with Gasteiger partial charge in [-0.1, -0.05) is 6.07 Å². The predicted octanol–water partition coefficient (Wildman–Crippen LogP) is 4.15. The number of nitrogens with one attached hydrogen (secondary N) is 1. The number of thiocarbonyl (C=S) groups is 1. The van der Waals surface area contributed by atoms with Crippen LogP contribution in [0.4, 0.5) is 5.69 Å². The summed E-state index contributed by atoms with van der Waals surface area (Å²) in [7, 11) is 0. The summed E-state index contributed by atoms with van der Waals surface area (Å²) in [6.07, 6.45) is 7.42. The van der Waals surface area contributed by atoms with E-state index in [1.165, 1.54) is 0 Å². The number of pyridine rings is 2. The Hall–Kier alpha value is -3.71. The van der Waals surface area contributed by atoms with Crippen molar-refractivity contribution in [3.8, 4) is 11.4 Å². The van der Waals surface area contributed by atoms with Crippen LogP contribution in [0.3, 0.4) is 0 Å². The number of hydrogen-bond acceptors (Lipinski definition) is 4. The lowest BCUT2D eigenvalue weighted by Crippen LogP contribution is -2.30. The van der Waals surface area contributed by atoms with Crippen molar-refractivity contribution in [2.45, 2.75) is 12.1 Å². The highest BCUT2D eigenvalue weighted by atomic mass is 32.1. The van der Waals surface area contributed by atoms with Crippen LogP contribution in [0.1, 0.15) is 23.5 Å². The molecule has 0 aliphatic carbocycles. The van der Waals surface area contributed by atoms with Gasteiger partial charge in [0.2, 0.25) is 0 Å². The van der Waals surface area contributed by atoms with Gasteiger partial charge < -0.3 is 19.9 Å². The number of phenolic OH excluding ortho intramolecular Hbond substituents is 1. The zero-order valence-corrected chi connectivity index (χ0v) is 16.8. The number of hydrogen-bond donors (Lipinski definition) is 2. The van der Waals surface area contributed by atoms with Crippen LogP contribution in [0.15, 0.2) is 91.5 Å². The summed E-state index contributed by atoms with van der Waals surface area (Å²) in [5.74, 6) is 0.216. The van der Waals surface area contributed by atoms with Gasteiger partial charge in [0.15, 0.2) is 5.11 Å². The molecular weight excluding hydrogens is 394 g/mol. The van der Waals surface area contributed by atoms with Crippen LogP contribution in [0.25, 0.3) is 5.69 Å². The Morgan fingerprint density at radius 1 is 0.900 bits per heavy atom. The Labute approximate surface area is 179 Å². The minimum Gasteiger partial charge on any atom is -0.508 e. The minimum absolute atomic E-state index is 0.141. The first kappa shape index (κ1) is 18.3.